The minimum atomic E-state index is -0.161. The lowest BCUT2D eigenvalue weighted by Gasteiger charge is -2.35. The number of urea groups is 1. The van der Waals surface area contributed by atoms with Gasteiger partial charge in [0.2, 0.25) is 0 Å². The van der Waals surface area contributed by atoms with E-state index in [4.69, 9.17) is 9.47 Å². The van der Waals surface area contributed by atoms with E-state index < -0.39 is 0 Å². The van der Waals surface area contributed by atoms with Crippen LogP contribution in [-0.4, -0.2) is 63.5 Å². The standard InChI is InChI=1S/C16H22N6O3/c1-10-8-21(9-11(2)25-10)16(23)17-13-5-6-15(24-4)14(7-13)22-12(3)18-19-20-22/h5-7,10-11H,8-9H2,1-4H3,(H,17,23)/t10-,11-/m0/s1. The maximum atomic E-state index is 12.6. The summed E-state index contributed by atoms with van der Waals surface area (Å²) in [6.07, 6.45) is 0.0367. The van der Waals surface area contributed by atoms with Crippen LogP contribution in [0.4, 0.5) is 10.5 Å². The van der Waals surface area contributed by atoms with Gasteiger partial charge in [0, 0.05) is 18.8 Å². The number of aryl methyl sites for hydroxylation is 1. The van der Waals surface area contributed by atoms with Crippen LogP contribution in [0.25, 0.3) is 5.69 Å². The number of benzene rings is 1. The largest absolute Gasteiger partial charge is 0.494 e. The van der Waals surface area contributed by atoms with Crippen LogP contribution in [0.2, 0.25) is 0 Å². The van der Waals surface area contributed by atoms with E-state index in [1.807, 2.05) is 13.8 Å². The van der Waals surface area contributed by atoms with Crippen LogP contribution in [-0.2, 0) is 4.74 Å². The Kier molecular flexibility index (Phi) is 4.84. The average Bonchev–Trinajstić information content (AvgIpc) is 2.99. The Morgan fingerprint density at radius 1 is 1.32 bits per heavy atom. The second kappa shape index (κ2) is 7.06. The van der Waals surface area contributed by atoms with Crippen molar-refractivity contribution < 1.29 is 14.3 Å². The molecule has 0 spiro atoms. The van der Waals surface area contributed by atoms with Crippen LogP contribution in [0.3, 0.4) is 0 Å². The number of morpholine rings is 1. The van der Waals surface area contributed by atoms with Gasteiger partial charge in [0.1, 0.15) is 11.4 Å². The molecule has 2 amide bonds. The highest BCUT2D eigenvalue weighted by Gasteiger charge is 2.26. The summed E-state index contributed by atoms with van der Waals surface area (Å²) in [5.74, 6) is 1.24. The molecule has 0 aliphatic carbocycles. The van der Waals surface area contributed by atoms with E-state index in [2.05, 4.69) is 20.8 Å². The fraction of sp³-hybridized carbons (Fsp3) is 0.500. The van der Waals surface area contributed by atoms with E-state index in [9.17, 15) is 4.79 Å². The first-order chi connectivity index (χ1) is 12.0. The van der Waals surface area contributed by atoms with E-state index in [0.717, 1.165) is 0 Å². The number of aromatic nitrogens is 4. The van der Waals surface area contributed by atoms with Crippen molar-refractivity contribution >= 4 is 11.7 Å². The van der Waals surface area contributed by atoms with E-state index >= 15 is 0 Å². The van der Waals surface area contributed by atoms with Gasteiger partial charge in [-0.25, -0.2) is 4.79 Å². The van der Waals surface area contributed by atoms with E-state index in [1.54, 1.807) is 41.8 Å². The Morgan fingerprint density at radius 3 is 2.64 bits per heavy atom. The molecule has 25 heavy (non-hydrogen) atoms. The third-order valence-electron chi connectivity index (χ3n) is 3.99. The lowest BCUT2D eigenvalue weighted by molar-refractivity contribution is -0.0530. The highest BCUT2D eigenvalue weighted by molar-refractivity contribution is 5.90. The van der Waals surface area contributed by atoms with Crippen molar-refractivity contribution in [2.75, 3.05) is 25.5 Å². The zero-order valence-corrected chi connectivity index (χ0v) is 14.8. The number of hydrogen-bond acceptors (Lipinski definition) is 6. The van der Waals surface area contributed by atoms with Gasteiger partial charge < -0.3 is 19.7 Å². The van der Waals surface area contributed by atoms with Crippen LogP contribution in [0.15, 0.2) is 18.2 Å². The van der Waals surface area contributed by atoms with Gasteiger partial charge >= 0.3 is 6.03 Å². The molecule has 0 bridgehead atoms. The zero-order valence-electron chi connectivity index (χ0n) is 14.8. The Morgan fingerprint density at radius 2 is 2.04 bits per heavy atom. The summed E-state index contributed by atoms with van der Waals surface area (Å²) in [6.45, 7) is 6.83. The molecular formula is C16H22N6O3. The molecule has 1 saturated heterocycles. The van der Waals surface area contributed by atoms with Crippen molar-refractivity contribution in [2.24, 2.45) is 0 Å². The normalized spacial score (nSPS) is 20.4. The predicted molar refractivity (Wildman–Crippen MR) is 91.0 cm³/mol. The number of ether oxygens (including phenoxy) is 2. The average molecular weight is 346 g/mol. The maximum absolute atomic E-state index is 12.6. The van der Waals surface area contributed by atoms with Crippen LogP contribution < -0.4 is 10.1 Å². The minimum Gasteiger partial charge on any atom is -0.494 e. The van der Waals surface area contributed by atoms with Gasteiger partial charge in [-0.15, -0.1) is 5.10 Å². The van der Waals surface area contributed by atoms with Crippen LogP contribution in [0, 0.1) is 6.92 Å². The highest BCUT2D eigenvalue weighted by Crippen LogP contribution is 2.26. The fourth-order valence-electron chi connectivity index (χ4n) is 2.93. The molecule has 9 heteroatoms. The topological polar surface area (TPSA) is 94.4 Å². The summed E-state index contributed by atoms with van der Waals surface area (Å²) in [6, 6.07) is 5.18. The molecule has 1 aromatic heterocycles. The number of carbonyl (C=O) groups excluding carboxylic acids is 1. The molecule has 3 rings (SSSR count). The van der Waals surface area contributed by atoms with Gasteiger partial charge in [-0.3, -0.25) is 0 Å². The van der Waals surface area contributed by atoms with Crippen molar-refractivity contribution in [3.05, 3.63) is 24.0 Å². The summed E-state index contributed by atoms with van der Waals surface area (Å²) >= 11 is 0. The molecule has 0 unspecified atom stereocenters. The number of hydrogen-bond donors (Lipinski definition) is 1. The second-order valence-electron chi connectivity index (χ2n) is 6.12. The highest BCUT2D eigenvalue weighted by atomic mass is 16.5. The van der Waals surface area contributed by atoms with Crippen molar-refractivity contribution in [1.29, 1.82) is 0 Å². The van der Waals surface area contributed by atoms with Crippen molar-refractivity contribution in [1.82, 2.24) is 25.1 Å². The van der Waals surface area contributed by atoms with Crippen molar-refractivity contribution in [3.8, 4) is 11.4 Å². The van der Waals surface area contributed by atoms with Gasteiger partial charge in [-0.2, -0.15) is 4.68 Å². The number of amides is 2. The molecule has 0 radical (unpaired) electrons. The number of nitrogens with one attached hydrogen (secondary N) is 1. The Bertz CT molecular complexity index is 752. The van der Waals surface area contributed by atoms with Gasteiger partial charge in [-0.05, 0) is 49.4 Å². The molecule has 1 aliphatic rings. The Balaban J connectivity index is 1.81. The molecule has 1 N–H and O–H groups in total. The molecule has 9 nitrogen and oxygen atoms in total. The number of anilines is 1. The van der Waals surface area contributed by atoms with Crippen LogP contribution in [0.5, 0.6) is 5.75 Å². The van der Waals surface area contributed by atoms with Gasteiger partial charge in [0.05, 0.1) is 19.3 Å². The van der Waals surface area contributed by atoms with Gasteiger partial charge in [0.25, 0.3) is 0 Å². The summed E-state index contributed by atoms with van der Waals surface area (Å²) in [4.78, 5) is 14.3. The van der Waals surface area contributed by atoms with Crippen LogP contribution >= 0.6 is 0 Å². The predicted octanol–water partition coefficient (Wildman–Crippen LogP) is 1.62. The number of nitrogens with zero attached hydrogens (tertiary/aromatic N) is 5. The number of carbonyl (C=O) groups is 1. The second-order valence-corrected chi connectivity index (χ2v) is 6.12. The third-order valence-corrected chi connectivity index (χ3v) is 3.99. The molecule has 1 aromatic carbocycles. The Labute approximate surface area is 145 Å². The molecule has 2 aromatic rings. The molecule has 1 fully saturated rings. The summed E-state index contributed by atoms with van der Waals surface area (Å²) < 4.78 is 12.6. The van der Waals surface area contributed by atoms with Gasteiger partial charge in [-0.1, -0.05) is 0 Å². The van der Waals surface area contributed by atoms with E-state index in [-0.39, 0.29) is 18.2 Å². The summed E-state index contributed by atoms with van der Waals surface area (Å²) in [5.41, 5.74) is 1.30. The Hall–Kier alpha value is -2.68. The van der Waals surface area contributed by atoms with E-state index in [1.165, 1.54) is 0 Å². The molecular weight excluding hydrogens is 324 g/mol. The lowest BCUT2D eigenvalue weighted by atomic mass is 10.2. The molecule has 0 saturated carbocycles. The molecule has 2 atom stereocenters. The minimum absolute atomic E-state index is 0.0183. The first-order valence-electron chi connectivity index (χ1n) is 8.12. The first kappa shape index (κ1) is 17.2. The maximum Gasteiger partial charge on any atom is 0.322 e. The number of tetrazole rings is 1. The van der Waals surface area contributed by atoms with E-state index in [0.29, 0.717) is 36.0 Å². The fourth-order valence-corrected chi connectivity index (χ4v) is 2.93. The van der Waals surface area contributed by atoms with Crippen molar-refractivity contribution in [3.63, 3.8) is 0 Å². The molecule has 134 valence electrons. The molecule has 1 aliphatic heterocycles. The molecule has 2 heterocycles. The number of methoxy groups -OCH3 is 1. The van der Waals surface area contributed by atoms with Gasteiger partial charge in [0.15, 0.2) is 5.82 Å². The quantitative estimate of drug-likeness (QED) is 0.907. The smallest absolute Gasteiger partial charge is 0.322 e. The summed E-state index contributed by atoms with van der Waals surface area (Å²) in [5, 5.41) is 14.4. The monoisotopic (exact) mass is 346 g/mol. The summed E-state index contributed by atoms with van der Waals surface area (Å²) in [7, 11) is 1.58. The number of rotatable bonds is 3. The lowest BCUT2D eigenvalue weighted by Crippen LogP contribution is -2.49. The first-order valence-corrected chi connectivity index (χ1v) is 8.12. The zero-order chi connectivity index (χ0) is 18.0. The van der Waals surface area contributed by atoms with Crippen LogP contribution in [0.1, 0.15) is 19.7 Å². The van der Waals surface area contributed by atoms with Crippen molar-refractivity contribution in [2.45, 2.75) is 33.0 Å². The SMILES string of the molecule is COc1ccc(NC(=O)N2C[C@H](C)O[C@@H](C)C2)cc1-n1nnnc1C. The third kappa shape index (κ3) is 3.71.